The van der Waals surface area contributed by atoms with Crippen LogP contribution in [0.3, 0.4) is 0 Å². The van der Waals surface area contributed by atoms with E-state index in [2.05, 4.69) is 104 Å². The first-order valence-corrected chi connectivity index (χ1v) is 10.9. The highest BCUT2D eigenvalue weighted by Crippen LogP contribution is 2.59. The van der Waals surface area contributed by atoms with Crippen molar-refractivity contribution < 1.29 is 4.57 Å². The SMILES string of the molecule is Cc1cc(C(C)(C)C)ccc1-c1cc(C)c(C2C(C)(C)CCC2(C)C)c[n+]1C. The van der Waals surface area contributed by atoms with Gasteiger partial charge in [0.2, 0.25) is 5.69 Å². The molecule has 152 valence electrons. The summed E-state index contributed by atoms with van der Waals surface area (Å²) in [6.07, 6.45) is 5.03. The molecule has 2 aromatic rings. The molecule has 1 nitrogen and oxygen atoms in total. The van der Waals surface area contributed by atoms with Crippen LogP contribution in [-0.4, -0.2) is 0 Å². The quantitative estimate of drug-likeness (QED) is 0.494. The molecule has 0 spiro atoms. The summed E-state index contributed by atoms with van der Waals surface area (Å²) >= 11 is 0. The van der Waals surface area contributed by atoms with Crippen molar-refractivity contribution in [3.63, 3.8) is 0 Å². The van der Waals surface area contributed by atoms with Crippen LogP contribution in [0.4, 0.5) is 0 Å². The van der Waals surface area contributed by atoms with Gasteiger partial charge >= 0.3 is 0 Å². The Morgan fingerprint density at radius 3 is 1.96 bits per heavy atom. The zero-order valence-corrected chi connectivity index (χ0v) is 19.8. The maximum Gasteiger partial charge on any atom is 0.212 e. The fraction of sp³-hybridized carbons (Fsp3) is 0.593. The third kappa shape index (κ3) is 3.65. The molecule has 1 fully saturated rings. The van der Waals surface area contributed by atoms with Gasteiger partial charge in [0.15, 0.2) is 6.20 Å². The van der Waals surface area contributed by atoms with Crippen LogP contribution in [0.15, 0.2) is 30.5 Å². The standard InChI is InChI=1S/C27H40N/c1-18-15-20(25(3,4)5)11-12-21(18)23-16-19(2)22(17-28(23)10)24-26(6,7)13-14-27(24,8)9/h11-12,15-17,24H,13-14H2,1-10H3/q+1. The predicted molar refractivity (Wildman–Crippen MR) is 121 cm³/mol. The number of nitrogens with zero attached hydrogens (tertiary/aromatic N) is 1. The summed E-state index contributed by atoms with van der Waals surface area (Å²) in [5.41, 5.74) is 9.27. The van der Waals surface area contributed by atoms with Gasteiger partial charge in [-0.2, -0.15) is 0 Å². The Kier molecular flexibility index (Phi) is 5.06. The molecule has 0 amide bonds. The summed E-state index contributed by atoms with van der Waals surface area (Å²) in [7, 11) is 2.21. The molecule has 3 rings (SSSR count). The summed E-state index contributed by atoms with van der Waals surface area (Å²) in [4.78, 5) is 0. The van der Waals surface area contributed by atoms with Gasteiger partial charge in [-0.25, -0.2) is 4.57 Å². The Hall–Kier alpha value is -1.63. The summed E-state index contributed by atoms with van der Waals surface area (Å²) < 4.78 is 2.35. The lowest BCUT2D eigenvalue weighted by Gasteiger charge is -2.36. The molecule has 1 heterocycles. The monoisotopic (exact) mass is 378 g/mol. The molecule has 1 aliphatic carbocycles. The summed E-state index contributed by atoms with van der Waals surface area (Å²) in [6.45, 7) is 21.2. The molecular formula is C27H40N+. The molecule has 1 aromatic carbocycles. The molecule has 0 N–H and O–H groups in total. The Morgan fingerprint density at radius 1 is 0.893 bits per heavy atom. The minimum Gasteiger partial charge on any atom is -0.201 e. The molecule has 0 bridgehead atoms. The normalized spacial score (nSPS) is 19.2. The second-order valence-corrected chi connectivity index (χ2v) is 11.6. The van der Waals surface area contributed by atoms with E-state index in [-0.39, 0.29) is 5.41 Å². The van der Waals surface area contributed by atoms with Crippen LogP contribution in [0.2, 0.25) is 0 Å². The summed E-state index contributed by atoms with van der Waals surface area (Å²) in [5, 5.41) is 0. The van der Waals surface area contributed by atoms with E-state index in [0.717, 1.165) is 0 Å². The van der Waals surface area contributed by atoms with E-state index in [1.807, 2.05) is 0 Å². The van der Waals surface area contributed by atoms with Gasteiger partial charge in [0.25, 0.3) is 0 Å². The van der Waals surface area contributed by atoms with Gasteiger partial charge in [0, 0.05) is 23.1 Å². The molecule has 1 aromatic heterocycles. The molecule has 0 saturated heterocycles. The van der Waals surface area contributed by atoms with Crippen molar-refractivity contribution in [1.82, 2.24) is 0 Å². The zero-order valence-electron chi connectivity index (χ0n) is 19.8. The van der Waals surface area contributed by atoms with E-state index < -0.39 is 0 Å². The highest BCUT2D eigenvalue weighted by atomic mass is 14.9. The predicted octanol–water partition coefficient (Wildman–Crippen LogP) is 7.02. The van der Waals surface area contributed by atoms with Crippen LogP contribution in [0.5, 0.6) is 0 Å². The van der Waals surface area contributed by atoms with Crippen LogP contribution < -0.4 is 4.57 Å². The number of pyridine rings is 1. The van der Waals surface area contributed by atoms with Gasteiger partial charge in [-0.3, -0.25) is 0 Å². The molecule has 0 radical (unpaired) electrons. The lowest BCUT2D eigenvalue weighted by Crippen LogP contribution is -2.35. The molecule has 0 aliphatic heterocycles. The van der Waals surface area contributed by atoms with Gasteiger partial charge in [0.05, 0.1) is 0 Å². The fourth-order valence-electron chi connectivity index (χ4n) is 5.59. The molecule has 1 heteroatoms. The topological polar surface area (TPSA) is 3.88 Å². The minimum atomic E-state index is 0.185. The summed E-state index contributed by atoms with van der Waals surface area (Å²) in [6, 6.07) is 9.39. The number of benzene rings is 1. The maximum absolute atomic E-state index is 2.45. The van der Waals surface area contributed by atoms with E-state index in [0.29, 0.717) is 16.7 Å². The van der Waals surface area contributed by atoms with Crippen molar-refractivity contribution >= 4 is 0 Å². The van der Waals surface area contributed by atoms with Crippen LogP contribution >= 0.6 is 0 Å². The average Bonchev–Trinajstić information content (AvgIpc) is 2.77. The number of hydrogen-bond acceptors (Lipinski definition) is 0. The van der Waals surface area contributed by atoms with Crippen LogP contribution in [0.1, 0.15) is 89.5 Å². The zero-order chi connectivity index (χ0) is 21.1. The second-order valence-electron chi connectivity index (χ2n) is 11.6. The van der Waals surface area contributed by atoms with Gasteiger partial charge in [0.1, 0.15) is 7.05 Å². The van der Waals surface area contributed by atoms with Crippen molar-refractivity contribution in [3.8, 4) is 11.3 Å². The average molecular weight is 379 g/mol. The van der Waals surface area contributed by atoms with Crippen molar-refractivity contribution in [1.29, 1.82) is 0 Å². The van der Waals surface area contributed by atoms with Crippen molar-refractivity contribution in [3.05, 3.63) is 52.7 Å². The lowest BCUT2D eigenvalue weighted by molar-refractivity contribution is -0.661. The molecule has 0 unspecified atom stereocenters. The number of aromatic nitrogens is 1. The van der Waals surface area contributed by atoms with Gasteiger partial charge in [-0.05, 0) is 65.7 Å². The fourth-order valence-corrected chi connectivity index (χ4v) is 5.59. The van der Waals surface area contributed by atoms with Crippen LogP contribution in [0, 0.1) is 24.7 Å². The van der Waals surface area contributed by atoms with Crippen molar-refractivity contribution in [2.75, 3.05) is 0 Å². The van der Waals surface area contributed by atoms with Crippen molar-refractivity contribution in [2.24, 2.45) is 17.9 Å². The third-order valence-electron chi connectivity index (χ3n) is 7.18. The van der Waals surface area contributed by atoms with E-state index in [1.165, 1.54) is 46.4 Å². The third-order valence-corrected chi connectivity index (χ3v) is 7.18. The molecule has 1 aliphatic rings. The van der Waals surface area contributed by atoms with Crippen LogP contribution in [-0.2, 0) is 12.5 Å². The molecular weight excluding hydrogens is 338 g/mol. The Morgan fingerprint density at radius 2 is 1.46 bits per heavy atom. The van der Waals surface area contributed by atoms with E-state index in [1.54, 1.807) is 0 Å². The first kappa shape index (κ1) is 21.1. The molecule has 0 atom stereocenters. The highest BCUT2D eigenvalue weighted by molar-refractivity contribution is 5.63. The highest BCUT2D eigenvalue weighted by Gasteiger charge is 2.49. The van der Waals surface area contributed by atoms with E-state index in [9.17, 15) is 0 Å². The minimum absolute atomic E-state index is 0.185. The van der Waals surface area contributed by atoms with Gasteiger partial charge < -0.3 is 0 Å². The first-order valence-electron chi connectivity index (χ1n) is 10.9. The lowest BCUT2D eigenvalue weighted by atomic mass is 9.68. The smallest absolute Gasteiger partial charge is 0.201 e. The Balaban J connectivity index is 2.09. The largest absolute Gasteiger partial charge is 0.212 e. The Bertz CT molecular complexity index is 877. The van der Waals surface area contributed by atoms with Gasteiger partial charge in [-0.1, -0.05) is 60.6 Å². The number of aryl methyl sites for hydroxylation is 3. The first-order chi connectivity index (χ1) is 12.7. The molecule has 28 heavy (non-hydrogen) atoms. The van der Waals surface area contributed by atoms with E-state index >= 15 is 0 Å². The van der Waals surface area contributed by atoms with Crippen molar-refractivity contribution in [2.45, 2.75) is 86.5 Å². The molecule has 1 saturated carbocycles. The second kappa shape index (κ2) is 6.71. The summed E-state index contributed by atoms with van der Waals surface area (Å²) in [5.74, 6) is 0.601. The Labute approximate surface area is 173 Å². The maximum atomic E-state index is 2.45. The van der Waals surface area contributed by atoms with Crippen LogP contribution in [0.25, 0.3) is 11.3 Å². The number of hydrogen-bond donors (Lipinski definition) is 0. The number of rotatable bonds is 2. The van der Waals surface area contributed by atoms with E-state index in [4.69, 9.17) is 0 Å². The van der Waals surface area contributed by atoms with Gasteiger partial charge in [-0.15, -0.1) is 0 Å².